The molecular weight excluding hydrogens is 238 g/mol. The van der Waals surface area contributed by atoms with E-state index in [4.69, 9.17) is 5.11 Å². The summed E-state index contributed by atoms with van der Waals surface area (Å²) in [6.45, 7) is 3.96. The summed E-state index contributed by atoms with van der Waals surface area (Å²) in [5, 5.41) is 12.0. The Morgan fingerprint density at radius 2 is 2.00 bits per heavy atom. The zero-order chi connectivity index (χ0) is 13.0. The molecule has 0 spiro atoms. The third-order valence-corrected chi connectivity index (χ3v) is 4.09. The van der Waals surface area contributed by atoms with Crippen molar-refractivity contribution < 1.29 is 14.7 Å². The fourth-order valence-corrected chi connectivity index (χ4v) is 3.08. The Hall–Kier alpha value is -0.710. The van der Waals surface area contributed by atoms with Gasteiger partial charge in [-0.05, 0) is 31.9 Å². The number of carbonyl (C=O) groups excluding carboxylic acids is 1. The molecule has 98 valence electrons. The highest BCUT2D eigenvalue weighted by Crippen LogP contribution is 2.36. The Morgan fingerprint density at radius 3 is 2.53 bits per heavy atom. The molecule has 1 saturated carbocycles. The number of nitrogens with one attached hydrogen (secondary N) is 1. The van der Waals surface area contributed by atoms with Gasteiger partial charge in [0.25, 0.3) is 0 Å². The molecule has 1 aliphatic rings. The minimum absolute atomic E-state index is 0.0942. The summed E-state index contributed by atoms with van der Waals surface area (Å²) >= 11 is 1.67. The average molecular weight is 259 g/mol. The van der Waals surface area contributed by atoms with Crippen LogP contribution in [0, 0.1) is 17.8 Å². The van der Waals surface area contributed by atoms with Gasteiger partial charge in [-0.15, -0.1) is 0 Å². The molecular formula is C12H21NO3S. The van der Waals surface area contributed by atoms with Gasteiger partial charge in [-0.2, -0.15) is 11.8 Å². The van der Waals surface area contributed by atoms with Gasteiger partial charge < -0.3 is 10.4 Å². The highest BCUT2D eigenvalue weighted by atomic mass is 32.2. The van der Waals surface area contributed by atoms with E-state index >= 15 is 0 Å². The molecule has 0 aromatic carbocycles. The van der Waals surface area contributed by atoms with Crippen molar-refractivity contribution in [1.82, 2.24) is 5.32 Å². The second-order valence-corrected chi connectivity index (χ2v) is 5.90. The average Bonchev–Trinajstić information content (AvgIpc) is 2.60. The zero-order valence-corrected chi connectivity index (χ0v) is 11.4. The van der Waals surface area contributed by atoms with Crippen molar-refractivity contribution >= 4 is 23.6 Å². The highest BCUT2D eigenvalue weighted by Gasteiger charge is 2.41. The second kappa shape index (κ2) is 6.28. The molecule has 4 atom stereocenters. The monoisotopic (exact) mass is 259 g/mol. The first kappa shape index (κ1) is 14.4. The number of thioether (sulfide) groups is 1. The SMILES string of the molecule is CSCC(C)NC(=O)[C@H]1CC(C)C[C@H]1C(=O)O. The largest absolute Gasteiger partial charge is 0.481 e. The van der Waals surface area contributed by atoms with E-state index in [2.05, 4.69) is 5.32 Å². The van der Waals surface area contributed by atoms with Crippen molar-refractivity contribution in [2.75, 3.05) is 12.0 Å². The Bertz CT molecular complexity index is 295. The summed E-state index contributed by atoms with van der Waals surface area (Å²) in [5.74, 6) is -0.623. The molecule has 0 aromatic rings. The summed E-state index contributed by atoms with van der Waals surface area (Å²) in [4.78, 5) is 23.1. The maximum Gasteiger partial charge on any atom is 0.307 e. The molecule has 1 rings (SSSR count). The Kier molecular flexibility index (Phi) is 5.31. The van der Waals surface area contributed by atoms with E-state index in [0.29, 0.717) is 18.8 Å². The van der Waals surface area contributed by atoms with Gasteiger partial charge in [-0.3, -0.25) is 9.59 Å². The summed E-state index contributed by atoms with van der Waals surface area (Å²) in [6, 6.07) is 0.0999. The van der Waals surface area contributed by atoms with Crippen LogP contribution in [-0.4, -0.2) is 35.0 Å². The normalized spacial score (nSPS) is 29.9. The second-order valence-electron chi connectivity index (χ2n) is 4.99. The van der Waals surface area contributed by atoms with Crippen LogP contribution in [-0.2, 0) is 9.59 Å². The van der Waals surface area contributed by atoms with Crippen LogP contribution < -0.4 is 5.32 Å². The highest BCUT2D eigenvalue weighted by molar-refractivity contribution is 7.98. The first-order valence-electron chi connectivity index (χ1n) is 5.97. The van der Waals surface area contributed by atoms with Gasteiger partial charge in [0.15, 0.2) is 0 Å². The molecule has 17 heavy (non-hydrogen) atoms. The maximum absolute atomic E-state index is 12.0. The van der Waals surface area contributed by atoms with Crippen LogP contribution in [0.2, 0.25) is 0 Å². The van der Waals surface area contributed by atoms with Crippen molar-refractivity contribution in [2.24, 2.45) is 17.8 Å². The molecule has 0 radical (unpaired) electrons. The summed E-state index contributed by atoms with van der Waals surface area (Å²) < 4.78 is 0. The van der Waals surface area contributed by atoms with E-state index < -0.39 is 11.9 Å². The van der Waals surface area contributed by atoms with Crippen LogP contribution >= 0.6 is 11.8 Å². The van der Waals surface area contributed by atoms with Gasteiger partial charge in [-0.25, -0.2) is 0 Å². The predicted octanol–water partition coefficient (Wildman–Crippen LogP) is 1.60. The van der Waals surface area contributed by atoms with Crippen molar-refractivity contribution in [3.63, 3.8) is 0 Å². The van der Waals surface area contributed by atoms with Crippen LogP contribution in [0.5, 0.6) is 0 Å². The van der Waals surface area contributed by atoms with E-state index in [1.807, 2.05) is 20.1 Å². The van der Waals surface area contributed by atoms with Crippen molar-refractivity contribution in [1.29, 1.82) is 0 Å². The van der Waals surface area contributed by atoms with Gasteiger partial charge in [0, 0.05) is 11.8 Å². The van der Waals surface area contributed by atoms with Crippen LogP contribution in [0.1, 0.15) is 26.7 Å². The number of rotatable bonds is 5. The molecule has 5 heteroatoms. The smallest absolute Gasteiger partial charge is 0.307 e. The lowest BCUT2D eigenvalue weighted by Gasteiger charge is -2.19. The molecule has 1 aliphatic carbocycles. The Labute approximate surface area is 107 Å². The quantitative estimate of drug-likeness (QED) is 0.787. The fraction of sp³-hybridized carbons (Fsp3) is 0.833. The molecule has 0 aliphatic heterocycles. The lowest BCUT2D eigenvalue weighted by Crippen LogP contribution is -2.41. The minimum atomic E-state index is -0.841. The van der Waals surface area contributed by atoms with E-state index in [-0.39, 0.29) is 17.9 Å². The molecule has 1 fully saturated rings. The van der Waals surface area contributed by atoms with Crippen molar-refractivity contribution in [3.8, 4) is 0 Å². The third-order valence-electron chi connectivity index (χ3n) is 3.26. The van der Waals surface area contributed by atoms with Crippen LogP contribution in [0.15, 0.2) is 0 Å². The van der Waals surface area contributed by atoms with Crippen LogP contribution in [0.3, 0.4) is 0 Å². The standard InChI is InChI=1S/C12H21NO3S/c1-7-4-9(10(5-7)12(15)16)11(14)13-8(2)6-17-3/h7-10H,4-6H2,1-3H3,(H,13,14)(H,15,16)/t7?,8?,9-,10+/m0/s1. The molecule has 0 heterocycles. The third kappa shape index (κ3) is 3.91. The van der Waals surface area contributed by atoms with Gasteiger partial charge in [0.05, 0.1) is 11.8 Å². The van der Waals surface area contributed by atoms with E-state index in [9.17, 15) is 9.59 Å². The van der Waals surface area contributed by atoms with Crippen molar-refractivity contribution in [3.05, 3.63) is 0 Å². The van der Waals surface area contributed by atoms with Gasteiger partial charge in [0.2, 0.25) is 5.91 Å². The molecule has 0 saturated heterocycles. The number of aliphatic carboxylic acids is 1. The number of hydrogen-bond donors (Lipinski definition) is 2. The van der Waals surface area contributed by atoms with Crippen LogP contribution in [0.25, 0.3) is 0 Å². The number of carboxylic acid groups (broad SMARTS) is 1. The van der Waals surface area contributed by atoms with E-state index in [1.54, 1.807) is 11.8 Å². The molecule has 0 bridgehead atoms. The van der Waals surface area contributed by atoms with Gasteiger partial charge in [-0.1, -0.05) is 6.92 Å². The topological polar surface area (TPSA) is 66.4 Å². The first-order valence-corrected chi connectivity index (χ1v) is 7.37. The molecule has 1 amide bonds. The predicted molar refractivity (Wildman–Crippen MR) is 69.0 cm³/mol. The minimum Gasteiger partial charge on any atom is -0.481 e. The first-order chi connectivity index (χ1) is 7.95. The number of hydrogen-bond acceptors (Lipinski definition) is 3. The Balaban J connectivity index is 2.58. The summed E-state index contributed by atoms with van der Waals surface area (Å²) in [6.07, 6.45) is 3.29. The lowest BCUT2D eigenvalue weighted by molar-refractivity contribution is -0.146. The molecule has 0 aromatic heterocycles. The summed E-state index contributed by atoms with van der Waals surface area (Å²) in [5.41, 5.74) is 0. The fourth-order valence-electron chi connectivity index (χ4n) is 2.50. The zero-order valence-electron chi connectivity index (χ0n) is 10.6. The number of carboxylic acids is 1. The van der Waals surface area contributed by atoms with E-state index in [0.717, 1.165) is 5.75 Å². The van der Waals surface area contributed by atoms with Gasteiger partial charge >= 0.3 is 5.97 Å². The van der Waals surface area contributed by atoms with Crippen LogP contribution in [0.4, 0.5) is 0 Å². The maximum atomic E-state index is 12.0. The summed E-state index contributed by atoms with van der Waals surface area (Å²) in [7, 11) is 0. The van der Waals surface area contributed by atoms with Crippen molar-refractivity contribution in [2.45, 2.75) is 32.7 Å². The number of carbonyl (C=O) groups is 2. The molecule has 4 nitrogen and oxygen atoms in total. The Morgan fingerprint density at radius 1 is 1.41 bits per heavy atom. The van der Waals surface area contributed by atoms with E-state index in [1.165, 1.54) is 0 Å². The lowest BCUT2D eigenvalue weighted by atomic mass is 9.95. The van der Waals surface area contributed by atoms with Gasteiger partial charge in [0.1, 0.15) is 0 Å². The number of amides is 1. The molecule has 2 unspecified atom stereocenters. The molecule has 2 N–H and O–H groups in total.